The molecule has 2 aliphatic heterocycles. The fourth-order valence-electron chi connectivity index (χ4n) is 16.7. The van der Waals surface area contributed by atoms with Gasteiger partial charge in [0.25, 0.3) is 0 Å². The maximum absolute atomic E-state index is 15.5. The number of carboxylic acids is 3. The fourth-order valence-corrected chi connectivity index (χ4v) is 17.6. The number of aliphatic carboxylic acids is 3. The number of likely N-dealkylation sites (N-methyl/N-ethyl adjacent to an activating group) is 2. The van der Waals surface area contributed by atoms with E-state index in [4.69, 9.17) is 5.73 Å². The summed E-state index contributed by atoms with van der Waals surface area (Å²) in [4.78, 5) is 248. The number of halogens is 1. The molecule has 2 aliphatic carbocycles. The topological polar surface area (TPSA) is 621 Å². The molecule has 0 spiro atoms. The predicted octanol–water partition coefficient (Wildman–Crippen LogP) is -0.181. The second kappa shape index (κ2) is 53.8. The van der Waals surface area contributed by atoms with Crippen molar-refractivity contribution < 1.29 is 122 Å². The number of amides is 15. The van der Waals surface area contributed by atoms with E-state index in [-0.39, 0.29) is 85.4 Å². The number of carbonyl (C=O) groups excluding carboxylic acids is 14. The highest BCUT2D eigenvalue weighted by Gasteiger charge is 2.42. The van der Waals surface area contributed by atoms with E-state index in [9.17, 15) is 78.5 Å². The van der Waals surface area contributed by atoms with Crippen LogP contribution in [0.3, 0.4) is 0 Å². The Balaban J connectivity index is 1.25. The van der Waals surface area contributed by atoms with Crippen molar-refractivity contribution in [1.29, 1.82) is 0 Å². The largest absolute Gasteiger partial charge is 0.508 e. The average molecular weight is 1880 g/mol. The van der Waals surface area contributed by atoms with Gasteiger partial charge in [0.2, 0.25) is 76.8 Å². The van der Waals surface area contributed by atoms with E-state index < -0.39 is 255 Å². The van der Waals surface area contributed by atoms with Crippen LogP contribution >= 0.6 is 11.8 Å². The number of phenols is 2. The summed E-state index contributed by atoms with van der Waals surface area (Å²) in [5.74, 6) is -21.7. The number of rotatable bonds is 29. The van der Waals surface area contributed by atoms with Gasteiger partial charge in [-0.1, -0.05) is 131 Å². The second-order valence-corrected chi connectivity index (χ2v) is 35.4. The Labute approximate surface area is 773 Å². The van der Waals surface area contributed by atoms with Crippen molar-refractivity contribution >= 4 is 112 Å². The Hall–Kier alpha value is -12.6. The number of nitrogens with zero attached hydrogens (tertiary/aromatic N) is 2. The van der Waals surface area contributed by atoms with Crippen LogP contribution in [0.2, 0.25) is 0 Å². The number of aromatic hydroxyl groups is 2. The van der Waals surface area contributed by atoms with E-state index in [1.54, 1.807) is 30.3 Å². The Morgan fingerprint density at radius 3 is 1.29 bits per heavy atom. The predicted molar refractivity (Wildman–Crippen MR) is 481 cm³/mol. The van der Waals surface area contributed by atoms with Crippen LogP contribution in [-0.4, -0.2) is 283 Å². The molecule has 2 saturated heterocycles. The molecule has 40 nitrogen and oxygen atoms in total. The monoisotopic (exact) mass is 1880 g/mol. The normalized spacial score (nSPS) is 24.3. The SMILES string of the molecule is CN1C(=O)CSC[C@@H](C(=O)N[C@H](CCC(=O)O)C(=O)O)NC(=O)[C@H](CC2CCCCC2)NC(=O)[C@H](CC2CCNCC2)NC(=O)[C@H](CCCNC(N)=O)NC(=O)[C@H](Cc2ccc(O)cc2)NC(=O)[C@H](Cc2ccc(O)cc2)NC(=O)[C@H](CO)NC(=O)[C@H](Cc2ccc(F)cc2)NC(=O)[C@H](CC2CCCCC2)NC(=O)[C@H](CO)NC(=O)[C@H](Cc2ccccc2)N(C)C(=O)[C@@H]1CCC(=O)O. The fraction of sp³-hybridized carbons (Fsp3) is 0.549. The molecule has 13 atom stereocenters. The van der Waals surface area contributed by atoms with Gasteiger partial charge in [-0.2, -0.15) is 0 Å². The molecular weight excluding hydrogens is 1750 g/mol. The second-order valence-electron chi connectivity index (χ2n) is 34.3. The number of urea groups is 1. The number of aliphatic hydroxyl groups is 2. The first-order valence-electron chi connectivity index (χ1n) is 45.0. The van der Waals surface area contributed by atoms with Crippen LogP contribution in [0, 0.1) is 23.6 Å². The summed E-state index contributed by atoms with van der Waals surface area (Å²) in [6.07, 6.45) is 2.63. The van der Waals surface area contributed by atoms with Crippen LogP contribution in [0.15, 0.2) is 103 Å². The Kier molecular flexibility index (Phi) is 42.8. The Bertz CT molecular complexity index is 4620. The number of thioether (sulfide) groups is 1. The number of hydrogen-bond donors (Lipinski definition) is 21. The van der Waals surface area contributed by atoms with Crippen molar-refractivity contribution in [3.8, 4) is 11.5 Å². The molecule has 0 unspecified atom stereocenters. The number of piperidine rings is 1. The number of nitrogens with two attached hydrogens (primary N) is 1. The molecule has 133 heavy (non-hydrogen) atoms. The van der Waals surface area contributed by atoms with Crippen LogP contribution in [0.25, 0.3) is 0 Å². The number of primary amides is 1. The number of carboxylic acid groups (broad SMARTS) is 3. The van der Waals surface area contributed by atoms with Gasteiger partial charge in [0.05, 0.1) is 19.0 Å². The number of hydrogen-bond acceptors (Lipinski definition) is 23. The minimum absolute atomic E-state index is 0.0863. The summed E-state index contributed by atoms with van der Waals surface area (Å²) in [6.45, 7) is -1.57. The van der Waals surface area contributed by atoms with Crippen LogP contribution in [0.1, 0.15) is 157 Å². The molecule has 726 valence electrons. The lowest BCUT2D eigenvalue weighted by Crippen LogP contribution is -2.62. The molecule has 0 radical (unpaired) electrons. The summed E-state index contributed by atoms with van der Waals surface area (Å²) in [6, 6.07) is -0.0983. The van der Waals surface area contributed by atoms with Gasteiger partial charge in [-0.25, -0.2) is 14.0 Å². The lowest BCUT2D eigenvalue weighted by Gasteiger charge is -2.35. The van der Waals surface area contributed by atoms with E-state index in [1.165, 1.54) is 67.7 Å². The summed E-state index contributed by atoms with van der Waals surface area (Å²) in [5, 5.41) is 107. The molecule has 22 N–H and O–H groups in total. The standard InChI is InChI=1S/C91H125FN16O24S/c1-107-73(33-35-77(116)117)89(129)108(2)74(47-54-17-10-5-11-18-54)88(128)105-71(49-110)86(126)102-64(41-52-13-6-3-7-14-52)80(120)101-68(43-55-20-26-59(92)27-21-55)83(123)104-70(48-109)85(125)103-67(45-57-24-30-61(112)31-25-57)81(121)100-66(44-56-22-28-60(111)29-23-56)79(119)96-62(19-12-38-95-91(93)132)78(118)98-69(46-58-36-39-94-40-37-58)82(122)99-65(42-53-15-8-4-9-16-53)84(124)106-72(50-133-51-75(107)113)87(127)97-63(90(130)131)32-34-76(114)115/h5,10-11,17-18,20-31,52-53,58,62-74,94,109-112H,3-4,6-9,12-16,19,32-51H2,1-2H3,(H,96,119)(H,97,127)(H,98,118)(H,99,122)(H,100,121)(H,101,120)(H,102,126)(H,103,125)(H,104,123)(H,105,128)(H,106,124)(H,114,115)(H,116,117)(H,130,131)(H3,93,95,132)/t62-,63+,64-,65-,66-,67-,68-,69-,70-,71-,72-,73-,74-/m0/s1. The van der Waals surface area contributed by atoms with Crippen LogP contribution < -0.4 is 74.9 Å². The number of nitrogens with one attached hydrogen (secondary N) is 13. The van der Waals surface area contributed by atoms with Gasteiger partial charge in [0.1, 0.15) is 95.9 Å². The average Bonchev–Trinajstić information content (AvgIpc) is 0.964. The highest BCUT2D eigenvalue weighted by molar-refractivity contribution is 8.00. The van der Waals surface area contributed by atoms with Crippen molar-refractivity contribution in [1.82, 2.24) is 78.9 Å². The zero-order chi connectivity index (χ0) is 96.8. The number of benzene rings is 4. The van der Waals surface area contributed by atoms with Gasteiger partial charge in [0, 0.05) is 64.9 Å². The van der Waals surface area contributed by atoms with Crippen molar-refractivity contribution in [2.75, 3.05) is 58.4 Å². The highest BCUT2D eigenvalue weighted by Crippen LogP contribution is 2.31. The van der Waals surface area contributed by atoms with Crippen LogP contribution in [-0.2, 0) is 102 Å². The maximum Gasteiger partial charge on any atom is 0.326 e. The van der Waals surface area contributed by atoms with Crippen molar-refractivity contribution in [2.45, 2.75) is 239 Å². The lowest BCUT2D eigenvalue weighted by molar-refractivity contribution is -0.148. The Morgan fingerprint density at radius 2 is 0.842 bits per heavy atom. The molecule has 8 rings (SSSR count). The molecule has 4 aromatic carbocycles. The third-order valence-electron chi connectivity index (χ3n) is 24.3. The zero-order valence-electron chi connectivity index (χ0n) is 74.5. The van der Waals surface area contributed by atoms with Gasteiger partial charge < -0.3 is 120 Å². The van der Waals surface area contributed by atoms with Crippen LogP contribution in [0.5, 0.6) is 11.5 Å². The minimum Gasteiger partial charge on any atom is -0.508 e. The van der Waals surface area contributed by atoms with Gasteiger partial charge in [-0.05, 0) is 147 Å². The molecule has 2 heterocycles. The molecule has 4 aromatic rings. The van der Waals surface area contributed by atoms with E-state index >= 15 is 43.2 Å². The smallest absolute Gasteiger partial charge is 0.326 e. The Morgan fingerprint density at radius 1 is 0.451 bits per heavy atom. The van der Waals surface area contributed by atoms with Gasteiger partial charge in [0.15, 0.2) is 0 Å². The third-order valence-corrected chi connectivity index (χ3v) is 25.3. The molecule has 15 amide bonds. The first-order chi connectivity index (χ1) is 63.5. The molecule has 4 fully saturated rings. The third kappa shape index (κ3) is 35.2. The number of aliphatic hydroxyl groups excluding tert-OH is 2. The lowest BCUT2D eigenvalue weighted by atomic mass is 9.84. The summed E-state index contributed by atoms with van der Waals surface area (Å²) in [5.41, 5.74) is 6.68. The zero-order valence-corrected chi connectivity index (χ0v) is 75.3. The number of carbonyl (C=O) groups is 17. The van der Waals surface area contributed by atoms with Gasteiger partial charge in [-0.15, -0.1) is 11.8 Å². The van der Waals surface area contributed by atoms with Gasteiger partial charge in [-0.3, -0.25) is 71.9 Å². The summed E-state index contributed by atoms with van der Waals surface area (Å²) in [7, 11) is 2.33. The summed E-state index contributed by atoms with van der Waals surface area (Å²) < 4.78 is 14.6. The molecule has 0 bridgehead atoms. The van der Waals surface area contributed by atoms with E-state index in [0.717, 1.165) is 41.8 Å². The molecule has 0 aromatic heterocycles. The van der Waals surface area contributed by atoms with E-state index in [0.29, 0.717) is 100 Å². The molecular formula is C91H125FN16O24S. The maximum atomic E-state index is 15.5. The summed E-state index contributed by atoms with van der Waals surface area (Å²) >= 11 is 0.662. The number of phenolic OH excluding ortho intramolecular Hbond substituents is 2. The molecule has 2 saturated carbocycles. The van der Waals surface area contributed by atoms with Crippen molar-refractivity contribution in [3.05, 3.63) is 131 Å². The molecule has 4 aliphatic rings. The molecule has 42 heteroatoms. The first kappa shape index (κ1) is 106. The van der Waals surface area contributed by atoms with E-state index in [2.05, 4.69) is 69.1 Å². The van der Waals surface area contributed by atoms with E-state index in [1.807, 2.05) is 0 Å². The van der Waals surface area contributed by atoms with Gasteiger partial charge >= 0.3 is 23.9 Å². The van der Waals surface area contributed by atoms with Crippen molar-refractivity contribution in [2.24, 2.45) is 23.5 Å². The highest BCUT2D eigenvalue weighted by atomic mass is 32.2. The minimum atomic E-state index is -2.00. The van der Waals surface area contributed by atoms with Crippen LogP contribution in [0.4, 0.5) is 9.18 Å². The van der Waals surface area contributed by atoms with Crippen molar-refractivity contribution in [3.63, 3.8) is 0 Å². The first-order valence-corrected chi connectivity index (χ1v) is 46.1. The quantitative estimate of drug-likeness (QED) is 0.0314.